The first-order chi connectivity index (χ1) is 13.0. The van der Waals surface area contributed by atoms with Gasteiger partial charge in [-0.15, -0.1) is 0 Å². The molecule has 6 nitrogen and oxygen atoms in total. The Bertz CT molecular complexity index is 993. The summed E-state index contributed by atoms with van der Waals surface area (Å²) >= 11 is 0.979. The second kappa shape index (κ2) is 7.92. The molecule has 0 saturated carbocycles. The van der Waals surface area contributed by atoms with E-state index in [2.05, 4.69) is 20.4 Å². The number of carbonyl (C=O) groups excluding carboxylic acids is 2. The minimum atomic E-state index is -0.980. The highest BCUT2D eigenvalue weighted by molar-refractivity contribution is 7.20. The molecule has 0 atom stereocenters. The first-order valence-electron chi connectivity index (χ1n) is 7.65. The Hall–Kier alpha value is -3.33. The van der Waals surface area contributed by atoms with Crippen LogP contribution in [-0.2, 0) is 4.74 Å². The van der Waals surface area contributed by atoms with Crippen LogP contribution in [0.5, 0.6) is 0 Å². The Kier molecular flexibility index (Phi) is 5.41. The lowest BCUT2D eigenvalue weighted by Gasteiger charge is -2.06. The predicted octanol–water partition coefficient (Wildman–Crippen LogP) is 4.52. The Labute approximate surface area is 156 Å². The van der Waals surface area contributed by atoms with E-state index in [1.165, 1.54) is 7.11 Å². The third kappa shape index (κ3) is 4.26. The van der Waals surface area contributed by atoms with Gasteiger partial charge in [0.15, 0.2) is 5.13 Å². The molecule has 1 aromatic heterocycles. The van der Waals surface area contributed by atoms with Crippen molar-refractivity contribution in [3.63, 3.8) is 0 Å². The van der Waals surface area contributed by atoms with Crippen molar-refractivity contribution in [2.45, 2.75) is 0 Å². The molecule has 2 amide bonds. The molecule has 0 unspecified atom stereocenters. The van der Waals surface area contributed by atoms with E-state index in [1.807, 2.05) is 6.07 Å². The lowest BCUT2D eigenvalue weighted by atomic mass is 10.1. The molecule has 1 heterocycles. The quantitative estimate of drug-likeness (QED) is 0.688. The molecule has 0 fully saturated rings. The van der Waals surface area contributed by atoms with E-state index < -0.39 is 23.6 Å². The Balaban J connectivity index is 1.95. The molecule has 2 aromatic carbocycles. The Morgan fingerprint density at radius 3 is 2.48 bits per heavy atom. The van der Waals surface area contributed by atoms with Gasteiger partial charge in [-0.2, -0.15) is 0 Å². The summed E-state index contributed by atoms with van der Waals surface area (Å²) in [6.45, 7) is 0. The summed E-state index contributed by atoms with van der Waals surface area (Å²) in [6.07, 6.45) is -0.717. The molecule has 0 aliphatic carbocycles. The first-order valence-corrected chi connectivity index (χ1v) is 8.47. The molecule has 0 radical (unpaired) electrons. The number of thiazole rings is 1. The van der Waals surface area contributed by atoms with E-state index in [1.54, 1.807) is 24.3 Å². The van der Waals surface area contributed by atoms with Crippen molar-refractivity contribution in [1.82, 2.24) is 4.98 Å². The van der Waals surface area contributed by atoms with Gasteiger partial charge in [-0.05, 0) is 12.1 Å². The van der Waals surface area contributed by atoms with Gasteiger partial charge in [0.05, 0.1) is 12.7 Å². The van der Waals surface area contributed by atoms with E-state index >= 15 is 0 Å². The van der Waals surface area contributed by atoms with Gasteiger partial charge in [0.25, 0.3) is 5.91 Å². The SMILES string of the molecule is COC(=O)Nc1nc(-c2ccccc2)c(NC(=O)c2ccc(F)cc2F)s1. The number of amides is 2. The van der Waals surface area contributed by atoms with Crippen LogP contribution in [0.25, 0.3) is 11.3 Å². The molecule has 3 rings (SSSR count). The maximum atomic E-state index is 13.9. The molecule has 27 heavy (non-hydrogen) atoms. The smallest absolute Gasteiger partial charge is 0.413 e. The summed E-state index contributed by atoms with van der Waals surface area (Å²) < 4.78 is 31.4. The molecule has 3 aromatic rings. The number of hydrogen-bond acceptors (Lipinski definition) is 5. The molecule has 0 aliphatic rings. The van der Waals surface area contributed by atoms with Crippen molar-refractivity contribution in [3.8, 4) is 11.3 Å². The molecule has 138 valence electrons. The van der Waals surface area contributed by atoms with Gasteiger partial charge in [-0.25, -0.2) is 18.6 Å². The molecule has 2 N–H and O–H groups in total. The van der Waals surface area contributed by atoms with Crippen LogP contribution >= 0.6 is 11.3 Å². The largest absolute Gasteiger partial charge is 0.453 e. The third-order valence-electron chi connectivity index (χ3n) is 3.47. The molecule has 0 spiro atoms. The number of hydrogen-bond donors (Lipinski definition) is 2. The fourth-order valence-corrected chi connectivity index (χ4v) is 3.10. The number of rotatable bonds is 4. The van der Waals surface area contributed by atoms with E-state index in [9.17, 15) is 18.4 Å². The van der Waals surface area contributed by atoms with E-state index in [0.717, 1.165) is 23.5 Å². The van der Waals surface area contributed by atoms with Gasteiger partial charge in [0.1, 0.15) is 22.3 Å². The van der Waals surface area contributed by atoms with Crippen LogP contribution in [0.1, 0.15) is 10.4 Å². The Morgan fingerprint density at radius 2 is 1.81 bits per heavy atom. The predicted molar refractivity (Wildman–Crippen MR) is 97.9 cm³/mol. The maximum absolute atomic E-state index is 13.9. The number of ether oxygens (including phenoxy) is 1. The number of nitrogens with zero attached hydrogens (tertiary/aromatic N) is 1. The summed E-state index contributed by atoms with van der Waals surface area (Å²) in [5.74, 6) is -2.53. The van der Waals surface area contributed by atoms with Crippen LogP contribution in [0.3, 0.4) is 0 Å². The zero-order valence-electron chi connectivity index (χ0n) is 14.0. The standard InChI is InChI=1S/C18H13F2N3O3S/c1-26-18(25)23-17-21-14(10-5-3-2-4-6-10)16(27-17)22-15(24)12-8-7-11(19)9-13(12)20/h2-9H,1H3,(H,22,24)(H,21,23,25). The number of carbonyl (C=O) groups is 2. The molecule has 0 aliphatic heterocycles. The number of nitrogens with one attached hydrogen (secondary N) is 2. The lowest BCUT2D eigenvalue weighted by Crippen LogP contribution is -2.13. The molecule has 9 heteroatoms. The van der Waals surface area contributed by atoms with E-state index in [0.29, 0.717) is 22.3 Å². The van der Waals surface area contributed by atoms with Crippen LogP contribution in [0.15, 0.2) is 48.5 Å². The van der Waals surface area contributed by atoms with Gasteiger partial charge < -0.3 is 10.1 Å². The summed E-state index contributed by atoms with van der Waals surface area (Å²) in [5, 5.41) is 5.47. The Morgan fingerprint density at radius 1 is 1.07 bits per heavy atom. The normalized spacial score (nSPS) is 10.3. The first kappa shape index (κ1) is 18.5. The lowest BCUT2D eigenvalue weighted by molar-refractivity contribution is 0.102. The highest BCUT2D eigenvalue weighted by atomic mass is 32.1. The van der Waals surface area contributed by atoms with Crippen LogP contribution in [0, 0.1) is 11.6 Å². The number of anilines is 2. The van der Waals surface area contributed by atoms with Gasteiger partial charge in [0.2, 0.25) is 0 Å². The van der Waals surface area contributed by atoms with Crippen LogP contribution in [-0.4, -0.2) is 24.1 Å². The zero-order valence-corrected chi connectivity index (χ0v) is 14.8. The summed E-state index contributed by atoms with van der Waals surface area (Å²) in [6, 6.07) is 11.6. The molecule has 0 bridgehead atoms. The van der Waals surface area contributed by atoms with Crippen LogP contribution in [0.4, 0.5) is 23.7 Å². The fraction of sp³-hybridized carbons (Fsp3) is 0.0556. The van der Waals surface area contributed by atoms with Gasteiger partial charge in [-0.1, -0.05) is 41.7 Å². The van der Waals surface area contributed by atoms with E-state index in [4.69, 9.17) is 0 Å². The zero-order chi connectivity index (χ0) is 19.4. The number of aromatic nitrogens is 1. The molecular weight excluding hydrogens is 376 g/mol. The number of methoxy groups -OCH3 is 1. The van der Waals surface area contributed by atoms with Gasteiger partial charge in [0, 0.05) is 11.6 Å². The average Bonchev–Trinajstić information content (AvgIpc) is 3.04. The highest BCUT2D eigenvalue weighted by Crippen LogP contribution is 2.36. The third-order valence-corrected chi connectivity index (χ3v) is 4.36. The minimum absolute atomic E-state index is 0.190. The van der Waals surface area contributed by atoms with E-state index in [-0.39, 0.29) is 10.7 Å². The second-order valence-electron chi connectivity index (χ2n) is 5.26. The second-order valence-corrected chi connectivity index (χ2v) is 6.26. The molecule has 0 saturated heterocycles. The van der Waals surface area contributed by atoms with Crippen molar-refractivity contribution in [3.05, 3.63) is 65.7 Å². The van der Waals surface area contributed by atoms with Crippen LogP contribution < -0.4 is 10.6 Å². The van der Waals surface area contributed by atoms with Gasteiger partial charge >= 0.3 is 6.09 Å². The van der Waals surface area contributed by atoms with Crippen LogP contribution in [0.2, 0.25) is 0 Å². The fourth-order valence-electron chi connectivity index (χ4n) is 2.23. The average molecular weight is 389 g/mol. The van der Waals surface area contributed by atoms with Crippen molar-refractivity contribution in [1.29, 1.82) is 0 Å². The summed E-state index contributed by atoms with van der Waals surface area (Å²) in [7, 11) is 1.21. The highest BCUT2D eigenvalue weighted by Gasteiger charge is 2.19. The van der Waals surface area contributed by atoms with Crippen molar-refractivity contribution in [2.75, 3.05) is 17.7 Å². The van der Waals surface area contributed by atoms with Crippen molar-refractivity contribution < 1.29 is 23.1 Å². The summed E-state index contributed by atoms with van der Waals surface area (Å²) in [5.41, 5.74) is 0.760. The topological polar surface area (TPSA) is 80.3 Å². The van der Waals surface area contributed by atoms with Gasteiger partial charge in [-0.3, -0.25) is 10.1 Å². The monoisotopic (exact) mass is 389 g/mol. The number of benzene rings is 2. The summed E-state index contributed by atoms with van der Waals surface area (Å²) in [4.78, 5) is 28.1. The number of halogens is 2. The molecular formula is C18H13F2N3O3S. The minimum Gasteiger partial charge on any atom is -0.453 e. The van der Waals surface area contributed by atoms with Crippen molar-refractivity contribution in [2.24, 2.45) is 0 Å². The van der Waals surface area contributed by atoms with Crippen molar-refractivity contribution >= 4 is 33.5 Å². The maximum Gasteiger partial charge on any atom is 0.413 e.